The topological polar surface area (TPSA) is 42.0 Å². The fraction of sp³-hybridized carbons (Fsp3) is 0.269. The van der Waals surface area contributed by atoms with Gasteiger partial charge in [-0.1, -0.05) is 46.9 Å². The number of rotatable bonds is 6. The lowest BCUT2D eigenvalue weighted by Gasteiger charge is -2.43. The Bertz CT molecular complexity index is 1150. The molecule has 0 bridgehead atoms. The molecule has 1 unspecified atom stereocenters. The summed E-state index contributed by atoms with van der Waals surface area (Å²) in [7, 11) is 3.19. The molecule has 0 aromatic heterocycles. The summed E-state index contributed by atoms with van der Waals surface area (Å²) in [5.74, 6) is 1.35. The van der Waals surface area contributed by atoms with Gasteiger partial charge in [-0.05, 0) is 53.6 Å². The fourth-order valence-corrected chi connectivity index (χ4v) is 4.88. The average molecular weight is 520 g/mol. The zero-order valence-electron chi connectivity index (χ0n) is 18.9. The SMILES string of the molecule is COc1cc(CC(=O)N2CCN(c3ccc(Cl)cc3Cl)C(c3ccc(Cl)cc3)C2)cc(OC)c1. The molecule has 1 saturated heterocycles. The Hall–Kier alpha value is -2.60. The molecular weight excluding hydrogens is 495 g/mol. The fourth-order valence-electron chi connectivity index (χ4n) is 4.24. The third kappa shape index (κ3) is 5.54. The molecule has 1 atom stereocenters. The first-order valence-corrected chi connectivity index (χ1v) is 12.0. The average Bonchev–Trinajstić information content (AvgIpc) is 2.84. The molecule has 34 heavy (non-hydrogen) atoms. The summed E-state index contributed by atoms with van der Waals surface area (Å²) in [5, 5.41) is 1.82. The van der Waals surface area contributed by atoms with E-state index in [1.165, 1.54) is 0 Å². The zero-order valence-corrected chi connectivity index (χ0v) is 21.2. The molecule has 0 saturated carbocycles. The monoisotopic (exact) mass is 518 g/mol. The van der Waals surface area contributed by atoms with Crippen LogP contribution in [0.3, 0.4) is 0 Å². The molecule has 0 spiro atoms. The van der Waals surface area contributed by atoms with Crippen LogP contribution in [-0.4, -0.2) is 44.7 Å². The lowest BCUT2D eigenvalue weighted by Crippen LogP contribution is -2.51. The molecule has 1 aliphatic heterocycles. The Labute approximate surface area is 214 Å². The maximum Gasteiger partial charge on any atom is 0.227 e. The summed E-state index contributed by atoms with van der Waals surface area (Å²) < 4.78 is 10.7. The number of halogens is 3. The summed E-state index contributed by atoms with van der Waals surface area (Å²) in [6.45, 7) is 1.71. The summed E-state index contributed by atoms with van der Waals surface area (Å²) in [4.78, 5) is 17.4. The van der Waals surface area contributed by atoms with Gasteiger partial charge in [0, 0.05) is 35.7 Å². The van der Waals surface area contributed by atoms with Crippen molar-refractivity contribution in [2.75, 3.05) is 38.8 Å². The van der Waals surface area contributed by atoms with Gasteiger partial charge in [-0.25, -0.2) is 0 Å². The molecule has 5 nitrogen and oxygen atoms in total. The highest BCUT2D eigenvalue weighted by molar-refractivity contribution is 6.36. The van der Waals surface area contributed by atoms with E-state index in [0.29, 0.717) is 46.2 Å². The number of hydrogen-bond donors (Lipinski definition) is 0. The molecule has 8 heteroatoms. The lowest BCUT2D eigenvalue weighted by atomic mass is 10.0. The van der Waals surface area contributed by atoms with Crippen LogP contribution in [0.1, 0.15) is 17.2 Å². The molecule has 0 radical (unpaired) electrons. The smallest absolute Gasteiger partial charge is 0.227 e. The first-order valence-electron chi connectivity index (χ1n) is 10.8. The summed E-state index contributed by atoms with van der Waals surface area (Å²) >= 11 is 18.8. The number of benzene rings is 3. The minimum atomic E-state index is -0.0894. The number of anilines is 1. The molecule has 4 rings (SSSR count). The number of hydrogen-bond acceptors (Lipinski definition) is 4. The van der Waals surface area contributed by atoms with Crippen LogP contribution in [-0.2, 0) is 11.2 Å². The number of ether oxygens (including phenoxy) is 2. The molecule has 178 valence electrons. The minimum Gasteiger partial charge on any atom is -0.497 e. The van der Waals surface area contributed by atoms with Crippen LogP contribution in [0.2, 0.25) is 15.1 Å². The van der Waals surface area contributed by atoms with E-state index in [1.807, 2.05) is 53.4 Å². The van der Waals surface area contributed by atoms with Crippen LogP contribution in [0.5, 0.6) is 11.5 Å². The maximum atomic E-state index is 13.3. The number of nitrogens with zero attached hydrogens (tertiary/aromatic N) is 2. The van der Waals surface area contributed by atoms with E-state index < -0.39 is 0 Å². The number of methoxy groups -OCH3 is 2. The predicted molar refractivity (Wildman–Crippen MR) is 138 cm³/mol. The van der Waals surface area contributed by atoms with Crippen molar-refractivity contribution < 1.29 is 14.3 Å². The van der Waals surface area contributed by atoms with Crippen LogP contribution < -0.4 is 14.4 Å². The van der Waals surface area contributed by atoms with Crippen LogP contribution in [0.25, 0.3) is 0 Å². The highest BCUT2D eigenvalue weighted by Gasteiger charge is 2.32. The Morgan fingerprint density at radius 3 is 2.15 bits per heavy atom. The molecule has 3 aromatic carbocycles. The number of carbonyl (C=O) groups is 1. The van der Waals surface area contributed by atoms with Gasteiger partial charge in [0.05, 0.1) is 37.4 Å². The van der Waals surface area contributed by atoms with Crippen molar-refractivity contribution in [3.63, 3.8) is 0 Å². The van der Waals surface area contributed by atoms with Gasteiger partial charge in [0.15, 0.2) is 0 Å². The number of piperazine rings is 1. The van der Waals surface area contributed by atoms with Crippen LogP contribution in [0, 0.1) is 0 Å². The van der Waals surface area contributed by atoms with Gasteiger partial charge < -0.3 is 19.3 Å². The molecule has 1 aliphatic rings. The van der Waals surface area contributed by atoms with Gasteiger partial charge in [0.1, 0.15) is 11.5 Å². The second-order valence-corrected chi connectivity index (χ2v) is 9.37. The third-order valence-corrected chi connectivity index (χ3v) is 6.76. The Morgan fingerprint density at radius 2 is 1.53 bits per heavy atom. The Morgan fingerprint density at radius 1 is 0.882 bits per heavy atom. The zero-order chi connectivity index (χ0) is 24.2. The van der Waals surface area contributed by atoms with Gasteiger partial charge in [-0.3, -0.25) is 4.79 Å². The summed E-state index contributed by atoms with van der Waals surface area (Å²) in [6, 6.07) is 18.6. The Balaban J connectivity index is 1.59. The van der Waals surface area contributed by atoms with Crippen molar-refractivity contribution in [2.45, 2.75) is 12.5 Å². The predicted octanol–water partition coefficient (Wildman–Crippen LogP) is 6.30. The van der Waals surface area contributed by atoms with E-state index in [9.17, 15) is 4.79 Å². The molecule has 0 aliphatic carbocycles. The molecular formula is C26H25Cl3N2O3. The molecule has 1 amide bonds. The van der Waals surface area contributed by atoms with Gasteiger partial charge in [-0.15, -0.1) is 0 Å². The third-order valence-electron chi connectivity index (χ3n) is 5.97. The van der Waals surface area contributed by atoms with Crippen LogP contribution in [0.4, 0.5) is 5.69 Å². The highest BCUT2D eigenvalue weighted by Crippen LogP contribution is 2.37. The first-order chi connectivity index (χ1) is 16.4. The van der Waals surface area contributed by atoms with Crippen molar-refractivity contribution >= 4 is 46.4 Å². The van der Waals surface area contributed by atoms with Crippen molar-refractivity contribution in [3.05, 3.63) is 86.9 Å². The van der Waals surface area contributed by atoms with E-state index in [2.05, 4.69) is 4.90 Å². The summed E-state index contributed by atoms with van der Waals surface area (Å²) in [6.07, 6.45) is 0.253. The van der Waals surface area contributed by atoms with Crippen LogP contribution in [0.15, 0.2) is 60.7 Å². The highest BCUT2D eigenvalue weighted by atomic mass is 35.5. The maximum absolute atomic E-state index is 13.3. The van der Waals surface area contributed by atoms with Crippen molar-refractivity contribution in [1.29, 1.82) is 0 Å². The molecule has 1 heterocycles. The van der Waals surface area contributed by atoms with E-state index >= 15 is 0 Å². The normalized spacial score (nSPS) is 15.9. The standard InChI is InChI=1S/C26H25Cl3N2O3/c1-33-21-11-17(12-22(15-21)34-2)13-26(32)30-9-10-31(24-8-7-20(28)14-23(24)29)25(16-30)18-3-5-19(27)6-4-18/h3-8,11-12,14-15,25H,9-10,13,16H2,1-2H3. The van der Waals surface area contributed by atoms with E-state index in [4.69, 9.17) is 44.3 Å². The van der Waals surface area contributed by atoms with E-state index in [-0.39, 0.29) is 18.4 Å². The first kappa shape index (κ1) is 24.5. The van der Waals surface area contributed by atoms with Gasteiger partial charge in [0.25, 0.3) is 0 Å². The Kier molecular flexibility index (Phi) is 7.77. The number of amides is 1. The second kappa shape index (κ2) is 10.8. The summed E-state index contributed by atoms with van der Waals surface area (Å²) in [5.41, 5.74) is 2.78. The molecule has 3 aromatic rings. The molecule has 0 N–H and O–H groups in total. The van der Waals surface area contributed by atoms with Gasteiger partial charge in [0.2, 0.25) is 5.91 Å². The van der Waals surface area contributed by atoms with Crippen molar-refractivity contribution in [3.8, 4) is 11.5 Å². The van der Waals surface area contributed by atoms with Gasteiger partial charge >= 0.3 is 0 Å². The molecule has 1 fully saturated rings. The van der Waals surface area contributed by atoms with E-state index in [1.54, 1.807) is 26.4 Å². The lowest BCUT2D eigenvalue weighted by molar-refractivity contribution is -0.131. The van der Waals surface area contributed by atoms with Crippen molar-refractivity contribution in [1.82, 2.24) is 4.90 Å². The quantitative estimate of drug-likeness (QED) is 0.383. The minimum absolute atomic E-state index is 0.0381. The number of carbonyl (C=O) groups excluding carboxylic acids is 1. The second-order valence-electron chi connectivity index (χ2n) is 8.09. The van der Waals surface area contributed by atoms with Crippen molar-refractivity contribution in [2.24, 2.45) is 0 Å². The van der Waals surface area contributed by atoms with Crippen LogP contribution >= 0.6 is 34.8 Å². The largest absolute Gasteiger partial charge is 0.497 e. The van der Waals surface area contributed by atoms with E-state index in [0.717, 1.165) is 16.8 Å². The van der Waals surface area contributed by atoms with Gasteiger partial charge in [-0.2, -0.15) is 0 Å².